The second kappa shape index (κ2) is 6.72. The van der Waals surface area contributed by atoms with Gasteiger partial charge in [0.2, 0.25) is 0 Å². The molecule has 0 saturated carbocycles. The minimum absolute atomic E-state index is 0.456. The molecule has 0 heterocycles. The maximum atomic E-state index is 3.52. The van der Waals surface area contributed by atoms with Crippen LogP contribution in [0.5, 0.6) is 0 Å². The van der Waals surface area contributed by atoms with Crippen molar-refractivity contribution in [2.75, 3.05) is 25.1 Å². The summed E-state index contributed by atoms with van der Waals surface area (Å²) in [6, 6.07) is 0. The molecule has 0 bridgehead atoms. The van der Waals surface area contributed by atoms with Crippen molar-refractivity contribution in [2.24, 2.45) is 11.3 Å². The molecule has 0 radical (unpaired) electrons. The van der Waals surface area contributed by atoms with Crippen LogP contribution in [0.2, 0.25) is 0 Å². The van der Waals surface area contributed by atoms with Crippen molar-refractivity contribution in [3.63, 3.8) is 0 Å². The minimum atomic E-state index is 0.456. The predicted molar refractivity (Wildman–Crippen MR) is 64.5 cm³/mol. The first-order valence-electron chi connectivity index (χ1n) is 5.17. The summed E-state index contributed by atoms with van der Waals surface area (Å²) < 4.78 is 0. The van der Waals surface area contributed by atoms with E-state index in [9.17, 15) is 0 Å². The van der Waals surface area contributed by atoms with Gasteiger partial charge in [-0.05, 0) is 36.3 Å². The summed E-state index contributed by atoms with van der Waals surface area (Å²) in [6.07, 6.45) is 3.48. The van der Waals surface area contributed by atoms with Crippen LogP contribution in [0.25, 0.3) is 0 Å². The van der Waals surface area contributed by atoms with E-state index < -0.39 is 0 Å². The lowest BCUT2D eigenvalue weighted by molar-refractivity contribution is 0.324. The largest absolute Gasteiger partial charge is 0.316 e. The predicted octanol–water partition coefficient (Wildman–Crippen LogP) is 3.01. The van der Waals surface area contributed by atoms with Crippen LogP contribution in [0, 0.1) is 11.3 Å². The van der Waals surface area contributed by atoms with E-state index in [0.717, 1.165) is 19.0 Å². The zero-order valence-electron chi connectivity index (χ0n) is 9.81. The highest BCUT2D eigenvalue weighted by Gasteiger charge is 2.16. The molecule has 0 saturated heterocycles. The summed E-state index contributed by atoms with van der Waals surface area (Å²) in [5, 5.41) is 3.52. The van der Waals surface area contributed by atoms with Crippen LogP contribution in [-0.4, -0.2) is 25.1 Å². The van der Waals surface area contributed by atoms with E-state index in [-0.39, 0.29) is 0 Å². The second-order valence-corrected chi connectivity index (χ2v) is 5.92. The zero-order chi connectivity index (χ0) is 10.3. The van der Waals surface area contributed by atoms with Gasteiger partial charge in [-0.3, -0.25) is 0 Å². The van der Waals surface area contributed by atoms with E-state index in [1.807, 2.05) is 11.8 Å². The number of hydrogen-bond donors (Lipinski definition) is 1. The number of hydrogen-bond acceptors (Lipinski definition) is 2. The Bertz CT molecular complexity index is 121. The molecule has 0 aromatic carbocycles. The molecule has 0 unspecified atom stereocenters. The Labute approximate surface area is 88.1 Å². The third kappa shape index (κ3) is 8.63. The number of thioether (sulfide) groups is 1. The van der Waals surface area contributed by atoms with E-state index >= 15 is 0 Å². The van der Waals surface area contributed by atoms with Gasteiger partial charge in [-0.2, -0.15) is 11.8 Å². The Morgan fingerprint density at radius 3 is 2.38 bits per heavy atom. The molecule has 2 heteroatoms. The zero-order valence-corrected chi connectivity index (χ0v) is 10.6. The van der Waals surface area contributed by atoms with Gasteiger partial charge in [0, 0.05) is 6.54 Å². The lowest BCUT2D eigenvalue weighted by Crippen LogP contribution is -2.32. The van der Waals surface area contributed by atoms with Gasteiger partial charge >= 0.3 is 0 Å². The average molecular weight is 203 g/mol. The Morgan fingerprint density at radius 2 is 1.92 bits per heavy atom. The molecule has 1 nitrogen and oxygen atoms in total. The quantitative estimate of drug-likeness (QED) is 0.682. The average Bonchev–Trinajstić information content (AvgIpc) is 2.00. The van der Waals surface area contributed by atoms with Gasteiger partial charge < -0.3 is 5.32 Å². The molecular weight excluding hydrogens is 178 g/mol. The van der Waals surface area contributed by atoms with Gasteiger partial charge in [0.25, 0.3) is 0 Å². The molecule has 0 aliphatic rings. The summed E-state index contributed by atoms with van der Waals surface area (Å²) in [5.41, 5.74) is 0.456. The lowest BCUT2D eigenvalue weighted by Gasteiger charge is -2.25. The Morgan fingerprint density at radius 1 is 1.31 bits per heavy atom. The molecule has 1 N–H and O–H groups in total. The Kier molecular flexibility index (Phi) is 6.88. The van der Waals surface area contributed by atoms with Gasteiger partial charge in [0.05, 0.1) is 0 Å². The molecule has 0 aromatic heterocycles. The molecule has 0 rings (SSSR count). The molecule has 13 heavy (non-hydrogen) atoms. The SMILES string of the molecule is CSCCC(C)(C)CNCC(C)C. The van der Waals surface area contributed by atoms with Gasteiger partial charge in [-0.25, -0.2) is 0 Å². The third-order valence-corrected chi connectivity index (χ3v) is 2.75. The highest BCUT2D eigenvalue weighted by molar-refractivity contribution is 7.98. The van der Waals surface area contributed by atoms with Crippen molar-refractivity contribution in [1.82, 2.24) is 5.32 Å². The fourth-order valence-electron chi connectivity index (χ4n) is 1.17. The van der Waals surface area contributed by atoms with Crippen molar-refractivity contribution in [3.05, 3.63) is 0 Å². The summed E-state index contributed by atoms with van der Waals surface area (Å²) in [4.78, 5) is 0. The van der Waals surface area contributed by atoms with Gasteiger partial charge in [-0.15, -0.1) is 0 Å². The van der Waals surface area contributed by atoms with Crippen LogP contribution in [0.4, 0.5) is 0 Å². The summed E-state index contributed by atoms with van der Waals surface area (Å²) in [7, 11) is 0. The maximum absolute atomic E-state index is 3.52. The van der Waals surface area contributed by atoms with Gasteiger partial charge in [-0.1, -0.05) is 27.7 Å². The fourth-order valence-corrected chi connectivity index (χ4v) is 1.92. The highest BCUT2D eigenvalue weighted by atomic mass is 32.2. The molecule has 80 valence electrons. The first-order chi connectivity index (χ1) is 5.98. The lowest BCUT2D eigenvalue weighted by atomic mass is 9.90. The summed E-state index contributed by atoms with van der Waals surface area (Å²) in [5.74, 6) is 2.03. The summed E-state index contributed by atoms with van der Waals surface area (Å²) >= 11 is 1.94. The van der Waals surface area contributed by atoms with E-state index in [1.165, 1.54) is 12.2 Å². The van der Waals surface area contributed by atoms with Crippen LogP contribution in [0.3, 0.4) is 0 Å². The highest BCUT2D eigenvalue weighted by Crippen LogP contribution is 2.20. The van der Waals surface area contributed by atoms with Crippen molar-refractivity contribution < 1.29 is 0 Å². The summed E-state index contributed by atoms with van der Waals surface area (Å²) in [6.45, 7) is 11.5. The molecule has 0 fully saturated rings. The van der Waals surface area contributed by atoms with Crippen LogP contribution < -0.4 is 5.32 Å². The fraction of sp³-hybridized carbons (Fsp3) is 1.00. The first-order valence-corrected chi connectivity index (χ1v) is 6.57. The van der Waals surface area contributed by atoms with Crippen molar-refractivity contribution >= 4 is 11.8 Å². The van der Waals surface area contributed by atoms with Gasteiger partial charge in [0.15, 0.2) is 0 Å². The molecule has 0 atom stereocenters. The molecule has 0 aliphatic carbocycles. The normalized spacial score (nSPS) is 12.5. The topological polar surface area (TPSA) is 12.0 Å². The molecule has 0 aromatic rings. The van der Waals surface area contributed by atoms with Gasteiger partial charge in [0.1, 0.15) is 0 Å². The van der Waals surface area contributed by atoms with Crippen LogP contribution in [0.15, 0.2) is 0 Å². The van der Waals surface area contributed by atoms with Crippen molar-refractivity contribution in [2.45, 2.75) is 34.1 Å². The van der Waals surface area contributed by atoms with E-state index in [1.54, 1.807) is 0 Å². The Balaban J connectivity index is 3.50. The third-order valence-electron chi connectivity index (χ3n) is 2.14. The van der Waals surface area contributed by atoms with E-state index in [2.05, 4.69) is 39.3 Å². The monoisotopic (exact) mass is 203 g/mol. The smallest absolute Gasteiger partial charge is 0.000292 e. The van der Waals surface area contributed by atoms with Crippen molar-refractivity contribution in [1.29, 1.82) is 0 Å². The van der Waals surface area contributed by atoms with E-state index in [4.69, 9.17) is 0 Å². The maximum Gasteiger partial charge on any atom is 0.000292 e. The van der Waals surface area contributed by atoms with Crippen LogP contribution in [-0.2, 0) is 0 Å². The number of rotatable bonds is 7. The number of nitrogens with one attached hydrogen (secondary N) is 1. The van der Waals surface area contributed by atoms with Crippen molar-refractivity contribution in [3.8, 4) is 0 Å². The second-order valence-electron chi connectivity index (χ2n) is 4.93. The molecule has 0 aliphatic heterocycles. The van der Waals surface area contributed by atoms with E-state index in [0.29, 0.717) is 5.41 Å². The first kappa shape index (κ1) is 13.3. The molecule has 0 spiro atoms. The van der Waals surface area contributed by atoms with Crippen LogP contribution >= 0.6 is 11.8 Å². The minimum Gasteiger partial charge on any atom is -0.316 e. The molecule has 0 amide bonds. The Hall–Kier alpha value is 0.310. The van der Waals surface area contributed by atoms with Crippen LogP contribution in [0.1, 0.15) is 34.1 Å². The molecular formula is C11H25NS. The standard InChI is InChI=1S/C11H25NS/c1-10(2)8-12-9-11(3,4)6-7-13-5/h10,12H,6-9H2,1-5H3.